The maximum absolute atomic E-state index is 13.7. The van der Waals surface area contributed by atoms with E-state index in [1.807, 2.05) is 4.90 Å². The Labute approximate surface area is 175 Å². The maximum Gasteiger partial charge on any atom is 0.434 e. The lowest BCUT2D eigenvalue weighted by Crippen LogP contribution is -2.47. The molecule has 4 rings (SSSR count). The highest BCUT2D eigenvalue weighted by Crippen LogP contribution is 2.37. The van der Waals surface area contributed by atoms with E-state index in [1.54, 1.807) is 11.8 Å². The van der Waals surface area contributed by atoms with Crippen molar-refractivity contribution < 1.29 is 27.8 Å². The van der Waals surface area contributed by atoms with Crippen LogP contribution in [-0.2, 0) is 15.7 Å². The van der Waals surface area contributed by atoms with Crippen molar-refractivity contribution in [1.82, 2.24) is 19.9 Å². The number of nitrogens with zero attached hydrogens (tertiary/aromatic N) is 6. The summed E-state index contributed by atoms with van der Waals surface area (Å²) in [6.07, 6.45) is -3.75. The van der Waals surface area contributed by atoms with Gasteiger partial charge in [-0.1, -0.05) is 0 Å². The van der Waals surface area contributed by atoms with Crippen LogP contribution in [0.2, 0.25) is 0 Å². The molecule has 0 aromatic carbocycles. The van der Waals surface area contributed by atoms with Crippen LogP contribution in [0, 0.1) is 0 Å². The Morgan fingerprint density at radius 2 is 1.94 bits per heavy atom. The summed E-state index contributed by atoms with van der Waals surface area (Å²) in [7, 11) is 0. The number of aliphatic hydroxyl groups excluding tert-OH is 1. The van der Waals surface area contributed by atoms with Crippen molar-refractivity contribution in [2.75, 3.05) is 61.8 Å². The van der Waals surface area contributed by atoms with Gasteiger partial charge in [-0.3, -0.25) is 0 Å². The van der Waals surface area contributed by atoms with Gasteiger partial charge < -0.3 is 30.1 Å². The van der Waals surface area contributed by atoms with E-state index >= 15 is 0 Å². The van der Waals surface area contributed by atoms with Crippen molar-refractivity contribution >= 4 is 17.7 Å². The first kappa shape index (κ1) is 21.5. The van der Waals surface area contributed by atoms with Gasteiger partial charge in [-0.05, 0) is 6.92 Å². The van der Waals surface area contributed by atoms with Crippen molar-refractivity contribution in [1.29, 1.82) is 0 Å². The largest absolute Gasteiger partial charge is 0.434 e. The molecule has 31 heavy (non-hydrogen) atoms. The van der Waals surface area contributed by atoms with Crippen LogP contribution >= 0.6 is 0 Å². The fourth-order valence-corrected chi connectivity index (χ4v) is 3.47. The van der Waals surface area contributed by atoms with Gasteiger partial charge in [0.25, 0.3) is 0 Å². The van der Waals surface area contributed by atoms with Crippen LogP contribution in [0.15, 0.2) is 12.3 Å². The van der Waals surface area contributed by atoms with E-state index < -0.39 is 23.4 Å². The monoisotopic (exact) mass is 441 g/mol. The first-order valence-electron chi connectivity index (χ1n) is 9.59. The number of alkyl halides is 3. The second kappa shape index (κ2) is 8.05. The van der Waals surface area contributed by atoms with E-state index in [9.17, 15) is 18.3 Å². The number of morpholine rings is 1. The highest BCUT2D eigenvalue weighted by Gasteiger charge is 2.40. The number of anilines is 3. The molecule has 168 valence electrons. The lowest BCUT2D eigenvalue weighted by atomic mass is 10.0. The van der Waals surface area contributed by atoms with Crippen LogP contribution in [0.1, 0.15) is 12.6 Å². The normalized spacial score (nSPS) is 22.2. The number of aliphatic hydroxyl groups is 1. The van der Waals surface area contributed by atoms with Gasteiger partial charge in [0, 0.05) is 30.9 Å². The maximum atomic E-state index is 13.7. The van der Waals surface area contributed by atoms with Crippen LogP contribution in [-0.4, -0.2) is 76.8 Å². The van der Waals surface area contributed by atoms with Crippen LogP contribution in [0.4, 0.5) is 30.9 Å². The van der Waals surface area contributed by atoms with Crippen LogP contribution in [0.25, 0.3) is 11.3 Å². The lowest BCUT2D eigenvalue weighted by molar-refractivity contribution is -0.140. The molecule has 0 amide bonds. The third-order valence-corrected chi connectivity index (χ3v) is 5.25. The molecule has 4 heterocycles. The first-order valence-corrected chi connectivity index (χ1v) is 9.59. The highest BCUT2D eigenvalue weighted by molar-refractivity contribution is 5.68. The molecule has 2 saturated heterocycles. The molecule has 13 heteroatoms. The number of aromatic nitrogens is 4. The fraction of sp³-hybridized carbons (Fsp3) is 0.556. The summed E-state index contributed by atoms with van der Waals surface area (Å²) in [5, 5.41) is 9.87. The van der Waals surface area contributed by atoms with Crippen molar-refractivity contribution in [2.45, 2.75) is 18.6 Å². The third kappa shape index (κ3) is 4.20. The molecule has 0 radical (unpaired) electrons. The van der Waals surface area contributed by atoms with Crippen LogP contribution in [0.5, 0.6) is 0 Å². The number of halogens is 3. The Morgan fingerprint density at radius 1 is 1.19 bits per heavy atom. The molecule has 1 unspecified atom stereocenters. The lowest BCUT2D eigenvalue weighted by Gasteiger charge is -2.33. The number of ether oxygens (including phenoxy) is 2. The van der Waals surface area contributed by atoms with E-state index in [1.165, 1.54) is 6.07 Å². The van der Waals surface area contributed by atoms with Gasteiger partial charge in [0.1, 0.15) is 12.5 Å². The van der Waals surface area contributed by atoms with E-state index in [0.717, 1.165) is 6.20 Å². The SMILES string of the molecule is CC1(CO)COCN1c1cc(-c2cnc(N)nc2C(F)(F)F)nc(N2CCOCC2)n1. The second-order valence-corrected chi connectivity index (χ2v) is 7.56. The van der Waals surface area contributed by atoms with Gasteiger partial charge >= 0.3 is 6.18 Å². The summed E-state index contributed by atoms with van der Waals surface area (Å²) in [5.74, 6) is 0.0815. The van der Waals surface area contributed by atoms with E-state index in [0.29, 0.717) is 32.1 Å². The fourth-order valence-electron chi connectivity index (χ4n) is 3.47. The van der Waals surface area contributed by atoms with E-state index in [4.69, 9.17) is 15.2 Å². The molecule has 0 aliphatic carbocycles. The average Bonchev–Trinajstić information content (AvgIpc) is 3.15. The molecule has 0 spiro atoms. The van der Waals surface area contributed by atoms with Crippen molar-refractivity contribution in [2.24, 2.45) is 0 Å². The van der Waals surface area contributed by atoms with Gasteiger partial charge in [0.2, 0.25) is 11.9 Å². The third-order valence-electron chi connectivity index (χ3n) is 5.25. The quantitative estimate of drug-likeness (QED) is 0.708. The summed E-state index contributed by atoms with van der Waals surface area (Å²) in [4.78, 5) is 19.6. The number of rotatable bonds is 4. The highest BCUT2D eigenvalue weighted by atomic mass is 19.4. The molecule has 2 aromatic heterocycles. The Morgan fingerprint density at radius 3 is 2.61 bits per heavy atom. The Bertz CT molecular complexity index is 955. The van der Waals surface area contributed by atoms with Gasteiger partial charge in [-0.15, -0.1) is 0 Å². The zero-order valence-electron chi connectivity index (χ0n) is 16.8. The number of nitrogen functional groups attached to an aromatic ring is 1. The van der Waals surface area contributed by atoms with Crippen molar-refractivity contribution in [3.8, 4) is 11.3 Å². The molecule has 2 fully saturated rings. The van der Waals surface area contributed by atoms with Gasteiger partial charge in [-0.25, -0.2) is 15.0 Å². The zero-order chi connectivity index (χ0) is 22.2. The molecule has 0 bridgehead atoms. The van der Waals surface area contributed by atoms with Gasteiger partial charge in [0.15, 0.2) is 5.69 Å². The second-order valence-electron chi connectivity index (χ2n) is 7.56. The summed E-state index contributed by atoms with van der Waals surface area (Å²) in [5.41, 5.74) is 3.12. The summed E-state index contributed by atoms with van der Waals surface area (Å²) >= 11 is 0. The number of nitrogens with two attached hydrogens (primary N) is 1. The molecule has 1 atom stereocenters. The van der Waals surface area contributed by atoms with Crippen molar-refractivity contribution in [3.63, 3.8) is 0 Å². The minimum Gasteiger partial charge on any atom is -0.394 e. The van der Waals surface area contributed by atoms with Gasteiger partial charge in [-0.2, -0.15) is 18.2 Å². The smallest absolute Gasteiger partial charge is 0.394 e. The number of hydrogen-bond donors (Lipinski definition) is 2. The standard InChI is InChI=1S/C18H22F3N7O3/c1-17(8-29)9-31-10-28(17)13-6-12(24-16(25-13)27-2-4-30-5-3-27)11-7-23-15(22)26-14(11)18(19,20)21/h6-7,29H,2-5,8-10H2,1H3,(H2,22,23,26). The molecule has 2 aliphatic rings. The van der Waals surface area contributed by atoms with E-state index in [-0.39, 0.29) is 37.2 Å². The van der Waals surface area contributed by atoms with E-state index in [2.05, 4.69) is 19.9 Å². The molecule has 0 saturated carbocycles. The Kier molecular flexibility index (Phi) is 5.58. The molecular formula is C18H22F3N7O3. The van der Waals surface area contributed by atoms with Crippen LogP contribution < -0.4 is 15.5 Å². The summed E-state index contributed by atoms with van der Waals surface area (Å²) in [6, 6.07) is 1.41. The molecular weight excluding hydrogens is 419 g/mol. The Hall–Kier alpha value is -2.77. The summed E-state index contributed by atoms with van der Waals surface area (Å²) in [6.45, 7) is 3.80. The first-order chi connectivity index (χ1) is 14.7. The predicted molar refractivity (Wildman–Crippen MR) is 104 cm³/mol. The summed E-state index contributed by atoms with van der Waals surface area (Å²) < 4.78 is 51.8. The topological polar surface area (TPSA) is 123 Å². The molecule has 3 N–H and O–H groups in total. The molecule has 2 aliphatic heterocycles. The average molecular weight is 441 g/mol. The molecule has 10 nitrogen and oxygen atoms in total. The van der Waals surface area contributed by atoms with Crippen molar-refractivity contribution in [3.05, 3.63) is 18.0 Å². The minimum absolute atomic E-state index is 0.00833. The minimum atomic E-state index is -4.76. The number of hydrogen-bond acceptors (Lipinski definition) is 10. The van der Waals surface area contributed by atoms with Crippen LogP contribution in [0.3, 0.4) is 0 Å². The predicted octanol–water partition coefficient (Wildman–Crippen LogP) is 0.916. The van der Waals surface area contributed by atoms with Gasteiger partial charge in [0.05, 0.1) is 37.7 Å². The Balaban J connectivity index is 1.87. The molecule has 2 aromatic rings. The zero-order valence-corrected chi connectivity index (χ0v) is 16.8.